The van der Waals surface area contributed by atoms with Gasteiger partial charge in [0.05, 0.1) is 17.3 Å². The molecular formula is C27H37ClN4O5. The van der Waals surface area contributed by atoms with Crippen LogP contribution in [0.25, 0.3) is 0 Å². The van der Waals surface area contributed by atoms with Crippen LogP contribution in [0.5, 0.6) is 5.75 Å². The Labute approximate surface area is 223 Å². The first kappa shape index (κ1) is 30.1. The van der Waals surface area contributed by atoms with Crippen molar-refractivity contribution in [3.05, 3.63) is 59.6 Å². The molecule has 0 saturated heterocycles. The van der Waals surface area contributed by atoms with Crippen LogP contribution in [0.1, 0.15) is 39.5 Å². The summed E-state index contributed by atoms with van der Waals surface area (Å²) >= 11 is 6.07. The maximum Gasteiger partial charge on any atom is 0.242 e. The number of carbonyl (C=O) groups is 3. The molecule has 9 nitrogen and oxygen atoms in total. The number of hydrogen-bond acceptors (Lipinski definition) is 6. The van der Waals surface area contributed by atoms with Gasteiger partial charge in [0.2, 0.25) is 17.7 Å². The van der Waals surface area contributed by atoms with E-state index in [1.807, 2.05) is 13.0 Å². The van der Waals surface area contributed by atoms with Crippen LogP contribution in [0.15, 0.2) is 54.6 Å². The minimum absolute atomic E-state index is 0.0391. The summed E-state index contributed by atoms with van der Waals surface area (Å²) in [5.41, 5.74) is 0.577. The van der Waals surface area contributed by atoms with E-state index in [1.54, 1.807) is 48.5 Å². The first-order valence-electron chi connectivity index (χ1n) is 12.5. The summed E-state index contributed by atoms with van der Waals surface area (Å²) in [7, 11) is 0. The number of ether oxygens (including phenoxy) is 1. The SMILES string of the molecule is CCCC(=O)NCCCC(=O)N(CCNCC(O)COc1ccccc1Cl)N(C(C)=O)c1ccccc1. The zero-order valence-corrected chi connectivity index (χ0v) is 22.2. The zero-order chi connectivity index (χ0) is 27.0. The zero-order valence-electron chi connectivity index (χ0n) is 21.5. The van der Waals surface area contributed by atoms with Gasteiger partial charge >= 0.3 is 0 Å². The van der Waals surface area contributed by atoms with Crippen molar-refractivity contribution in [2.45, 2.75) is 45.6 Å². The summed E-state index contributed by atoms with van der Waals surface area (Å²) in [4.78, 5) is 37.4. The van der Waals surface area contributed by atoms with E-state index in [2.05, 4.69) is 10.6 Å². The highest BCUT2D eigenvalue weighted by Gasteiger charge is 2.25. The average molecular weight is 533 g/mol. The molecule has 0 aliphatic heterocycles. The van der Waals surface area contributed by atoms with Gasteiger partial charge in [0.1, 0.15) is 18.5 Å². The highest BCUT2D eigenvalue weighted by atomic mass is 35.5. The predicted molar refractivity (Wildman–Crippen MR) is 144 cm³/mol. The summed E-state index contributed by atoms with van der Waals surface area (Å²) in [6.07, 6.45) is 1.03. The van der Waals surface area contributed by atoms with E-state index in [9.17, 15) is 19.5 Å². The van der Waals surface area contributed by atoms with Crippen LogP contribution in [0, 0.1) is 0 Å². The molecule has 0 aliphatic rings. The number of nitrogens with one attached hydrogen (secondary N) is 2. The molecule has 2 rings (SSSR count). The number of hydrazine groups is 1. The molecule has 0 aromatic heterocycles. The number of para-hydroxylation sites is 2. The molecule has 0 heterocycles. The Bertz CT molecular complexity index is 992. The number of aliphatic hydroxyl groups excluding tert-OH is 1. The molecule has 0 radical (unpaired) electrons. The second-order valence-electron chi connectivity index (χ2n) is 8.49. The highest BCUT2D eigenvalue weighted by molar-refractivity contribution is 6.32. The molecule has 1 atom stereocenters. The lowest BCUT2D eigenvalue weighted by atomic mass is 10.2. The molecule has 0 aliphatic carbocycles. The van der Waals surface area contributed by atoms with Crippen molar-refractivity contribution >= 4 is 35.0 Å². The lowest BCUT2D eigenvalue weighted by Gasteiger charge is -2.34. The summed E-state index contributed by atoms with van der Waals surface area (Å²) in [5.74, 6) is -0.0919. The molecule has 0 spiro atoms. The largest absolute Gasteiger partial charge is 0.489 e. The minimum Gasteiger partial charge on any atom is -0.489 e. The molecule has 3 amide bonds. The normalized spacial score (nSPS) is 11.5. The number of amides is 3. The van der Waals surface area contributed by atoms with Crippen molar-refractivity contribution in [2.24, 2.45) is 0 Å². The number of carbonyl (C=O) groups excluding carboxylic acids is 3. The third-order valence-electron chi connectivity index (χ3n) is 5.34. The second-order valence-corrected chi connectivity index (χ2v) is 8.89. The molecule has 0 saturated carbocycles. The maximum atomic E-state index is 13.2. The van der Waals surface area contributed by atoms with E-state index in [-0.39, 0.29) is 43.8 Å². The van der Waals surface area contributed by atoms with Crippen LogP contribution in [-0.2, 0) is 14.4 Å². The third kappa shape index (κ3) is 10.8. The summed E-state index contributed by atoms with van der Waals surface area (Å²) in [5, 5.41) is 19.4. The van der Waals surface area contributed by atoms with E-state index < -0.39 is 6.10 Å². The number of aliphatic hydroxyl groups is 1. The number of benzene rings is 2. The van der Waals surface area contributed by atoms with Gasteiger partial charge in [-0.05, 0) is 37.1 Å². The predicted octanol–water partition coefficient (Wildman–Crippen LogP) is 3.16. The van der Waals surface area contributed by atoms with Gasteiger partial charge in [0, 0.05) is 39.4 Å². The Morgan fingerprint density at radius 1 is 1.03 bits per heavy atom. The van der Waals surface area contributed by atoms with Crippen LogP contribution in [-0.4, -0.2) is 66.7 Å². The third-order valence-corrected chi connectivity index (χ3v) is 5.66. The number of rotatable bonds is 15. The highest BCUT2D eigenvalue weighted by Crippen LogP contribution is 2.23. The number of hydrogen-bond donors (Lipinski definition) is 3. The number of halogens is 1. The smallest absolute Gasteiger partial charge is 0.242 e. The molecule has 202 valence electrons. The van der Waals surface area contributed by atoms with Crippen molar-refractivity contribution < 1.29 is 24.2 Å². The molecule has 37 heavy (non-hydrogen) atoms. The molecular weight excluding hydrogens is 496 g/mol. The van der Waals surface area contributed by atoms with Crippen molar-refractivity contribution in [2.75, 3.05) is 37.8 Å². The van der Waals surface area contributed by atoms with Gasteiger partial charge in [-0.2, -0.15) is 0 Å². The van der Waals surface area contributed by atoms with Crippen LogP contribution in [0.4, 0.5) is 5.69 Å². The van der Waals surface area contributed by atoms with Crippen LogP contribution in [0.2, 0.25) is 5.02 Å². The van der Waals surface area contributed by atoms with Crippen molar-refractivity contribution in [1.29, 1.82) is 0 Å². The van der Waals surface area contributed by atoms with Crippen LogP contribution < -0.4 is 20.4 Å². The van der Waals surface area contributed by atoms with Crippen LogP contribution >= 0.6 is 11.6 Å². The van der Waals surface area contributed by atoms with Gasteiger partial charge in [-0.3, -0.25) is 14.4 Å². The van der Waals surface area contributed by atoms with E-state index >= 15 is 0 Å². The molecule has 2 aromatic rings. The van der Waals surface area contributed by atoms with E-state index in [0.29, 0.717) is 42.4 Å². The van der Waals surface area contributed by atoms with E-state index in [1.165, 1.54) is 16.9 Å². The molecule has 2 aromatic carbocycles. The van der Waals surface area contributed by atoms with Gasteiger partial charge in [-0.1, -0.05) is 48.9 Å². The standard InChI is InChI=1S/C27H37ClN4O5/c1-3-10-26(35)30-16-9-15-27(36)31(32(21(2)33)22-11-5-4-6-12-22)18-17-29-19-23(34)20-37-25-14-8-7-13-24(25)28/h4-8,11-14,23,29,34H,3,9-10,15-20H2,1-2H3,(H,30,35). The van der Waals surface area contributed by atoms with Gasteiger partial charge < -0.3 is 20.5 Å². The molecule has 10 heteroatoms. The van der Waals surface area contributed by atoms with Gasteiger partial charge in [-0.25, -0.2) is 10.0 Å². The Morgan fingerprint density at radius 2 is 1.73 bits per heavy atom. The Kier molecular flexibility index (Phi) is 13.5. The molecule has 0 fully saturated rings. The van der Waals surface area contributed by atoms with Crippen molar-refractivity contribution in [1.82, 2.24) is 15.6 Å². The van der Waals surface area contributed by atoms with Gasteiger partial charge in [0.25, 0.3) is 0 Å². The fraction of sp³-hybridized carbons (Fsp3) is 0.444. The summed E-state index contributed by atoms with van der Waals surface area (Å²) in [6.45, 7) is 4.53. The Hall–Kier alpha value is -3.14. The topological polar surface area (TPSA) is 111 Å². The van der Waals surface area contributed by atoms with Gasteiger partial charge in [-0.15, -0.1) is 0 Å². The lowest BCUT2D eigenvalue weighted by molar-refractivity contribution is -0.136. The number of anilines is 1. The van der Waals surface area contributed by atoms with Gasteiger partial charge in [0.15, 0.2) is 0 Å². The van der Waals surface area contributed by atoms with Crippen molar-refractivity contribution in [3.63, 3.8) is 0 Å². The van der Waals surface area contributed by atoms with Crippen molar-refractivity contribution in [3.8, 4) is 5.75 Å². The Balaban J connectivity index is 1.93. The second kappa shape index (κ2) is 16.6. The lowest BCUT2D eigenvalue weighted by Crippen LogP contribution is -2.52. The van der Waals surface area contributed by atoms with E-state index in [4.69, 9.17) is 16.3 Å². The van der Waals surface area contributed by atoms with Crippen LogP contribution in [0.3, 0.4) is 0 Å². The quantitative estimate of drug-likeness (QED) is 0.240. The summed E-state index contributed by atoms with van der Waals surface area (Å²) in [6, 6.07) is 16.0. The monoisotopic (exact) mass is 532 g/mol. The minimum atomic E-state index is -0.801. The fourth-order valence-corrected chi connectivity index (χ4v) is 3.76. The molecule has 0 bridgehead atoms. The first-order valence-corrected chi connectivity index (χ1v) is 12.9. The molecule has 3 N–H and O–H groups in total. The fourth-order valence-electron chi connectivity index (χ4n) is 3.57. The first-order chi connectivity index (χ1) is 17.8. The molecule has 1 unspecified atom stereocenters. The average Bonchev–Trinajstić information content (AvgIpc) is 2.88. The number of nitrogens with zero attached hydrogens (tertiary/aromatic N) is 2. The van der Waals surface area contributed by atoms with E-state index in [0.717, 1.165) is 6.42 Å². The maximum absolute atomic E-state index is 13.2. The Morgan fingerprint density at radius 3 is 2.41 bits per heavy atom. The summed E-state index contributed by atoms with van der Waals surface area (Å²) < 4.78 is 5.56.